The van der Waals surface area contributed by atoms with E-state index in [9.17, 15) is 18.0 Å². The number of nitrogens with zero attached hydrogens (tertiary/aromatic N) is 3. The number of pyridine rings is 2. The first-order valence-electron chi connectivity index (χ1n) is 8.64. The van der Waals surface area contributed by atoms with Crippen molar-refractivity contribution in [1.29, 1.82) is 0 Å². The fourth-order valence-corrected chi connectivity index (χ4v) is 3.60. The number of imidazole rings is 1. The van der Waals surface area contributed by atoms with Gasteiger partial charge in [0, 0.05) is 40.8 Å². The molecule has 4 aromatic rings. The average molecular weight is 416 g/mol. The zero-order chi connectivity index (χ0) is 20.6. The van der Waals surface area contributed by atoms with Gasteiger partial charge in [-0.2, -0.15) is 13.2 Å². The van der Waals surface area contributed by atoms with E-state index in [1.165, 1.54) is 34.3 Å². The summed E-state index contributed by atoms with van der Waals surface area (Å²) in [6, 6.07) is 6.50. The van der Waals surface area contributed by atoms with Crippen molar-refractivity contribution in [1.82, 2.24) is 19.7 Å². The Bertz CT molecular complexity index is 1180. The minimum absolute atomic E-state index is 0.0772. The van der Waals surface area contributed by atoms with Crippen molar-refractivity contribution >= 4 is 22.9 Å². The van der Waals surface area contributed by atoms with E-state index in [0.717, 1.165) is 16.5 Å². The van der Waals surface area contributed by atoms with Crippen molar-refractivity contribution in [3.8, 4) is 11.1 Å². The Morgan fingerprint density at radius 1 is 1.21 bits per heavy atom. The van der Waals surface area contributed by atoms with Gasteiger partial charge in [-0.3, -0.25) is 9.78 Å². The summed E-state index contributed by atoms with van der Waals surface area (Å²) in [6.07, 6.45) is 1.33. The fourth-order valence-electron chi connectivity index (χ4n) is 2.96. The normalized spacial score (nSPS) is 11.7. The van der Waals surface area contributed by atoms with Gasteiger partial charge in [-0.15, -0.1) is 11.3 Å². The quantitative estimate of drug-likeness (QED) is 0.524. The molecule has 1 N–H and O–H groups in total. The molecule has 0 radical (unpaired) electrons. The number of thiophene rings is 1. The summed E-state index contributed by atoms with van der Waals surface area (Å²) in [7, 11) is 0. The van der Waals surface area contributed by atoms with Crippen molar-refractivity contribution in [2.75, 3.05) is 0 Å². The first kappa shape index (κ1) is 19.1. The second kappa shape index (κ2) is 7.32. The molecule has 4 aromatic heterocycles. The number of hydrogen-bond donors (Lipinski definition) is 1. The Balaban J connectivity index is 1.75. The molecule has 1 amide bonds. The Kier molecular flexibility index (Phi) is 4.83. The van der Waals surface area contributed by atoms with Crippen LogP contribution in [0.4, 0.5) is 13.2 Å². The maximum Gasteiger partial charge on any atom is 0.420 e. The number of aromatic nitrogens is 3. The lowest BCUT2D eigenvalue weighted by Gasteiger charge is -2.11. The monoisotopic (exact) mass is 416 g/mol. The standard InChI is InChI=1S/C20H15F3N4OS/c1-12-5-13(8-24-7-12)14-6-16(20(21,22)23)18-26-17(11-27(18)10-14)19(28)25-9-15-3-2-4-29-15/h2-8,10-11H,9H2,1H3,(H,25,28). The average Bonchev–Trinajstić information content (AvgIpc) is 3.34. The van der Waals surface area contributed by atoms with Gasteiger partial charge in [-0.1, -0.05) is 6.07 Å². The van der Waals surface area contributed by atoms with E-state index in [1.807, 2.05) is 24.4 Å². The number of carbonyl (C=O) groups is 1. The van der Waals surface area contributed by atoms with Crippen LogP contribution in [0.25, 0.3) is 16.8 Å². The van der Waals surface area contributed by atoms with E-state index in [4.69, 9.17) is 0 Å². The van der Waals surface area contributed by atoms with E-state index in [-0.39, 0.29) is 17.9 Å². The van der Waals surface area contributed by atoms with Gasteiger partial charge in [0.1, 0.15) is 11.3 Å². The molecular weight excluding hydrogens is 401 g/mol. The van der Waals surface area contributed by atoms with Crippen molar-refractivity contribution in [2.24, 2.45) is 0 Å². The molecule has 0 atom stereocenters. The first-order valence-corrected chi connectivity index (χ1v) is 9.52. The molecule has 4 rings (SSSR count). The number of carbonyl (C=O) groups excluding carboxylic acids is 1. The van der Waals surface area contributed by atoms with Crippen LogP contribution in [0.15, 0.2) is 54.4 Å². The molecule has 0 fully saturated rings. The number of hydrogen-bond acceptors (Lipinski definition) is 4. The molecule has 5 nitrogen and oxygen atoms in total. The predicted molar refractivity (Wildman–Crippen MR) is 104 cm³/mol. The van der Waals surface area contributed by atoms with Crippen molar-refractivity contribution in [3.63, 3.8) is 0 Å². The van der Waals surface area contributed by atoms with Crippen molar-refractivity contribution < 1.29 is 18.0 Å². The highest BCUT2D eigenvalue weighted by Crippen LogP contribution is 2.35. The van der Waals surface area contributed by atoms with Crippen molar-refractivity contribution in [3.05, 3.63) is 76.1 Å². The highest BCUT2D eigenvalue weighted by Gasteiger charge is 2.35. The molecule has 4 heterocycles. The largest absolute Gasteiger partial charge is 0.420 e. The molecular formula is C20H15F3N4OS. The van der Waals surface area contributed by atoms with E-state index in [2.05, 4.69) is 15.3 Å². The number of nitrogens with one attached hydrogen (secondary N) is 1. The highest BCUT2D eigenvalue weighted by atomic mass is 32.1. The third kappa shape index (κ3) is 4.00. The summed E-state index contributed by atoms with van der Waals surface area (Å²) in [6.45, 7) is 2.10. The van der Waals surface area contributed by atoms with E-state index >= 15 is 0 Å². The summed E-state index contributed by atoms with van der Waals surface area (Å²) in [5, 5.41) is 4.56. The third-order valence-electron chi connectivity index (χ3n) is 4.30. The van der Waals surface area contributed by atoms with E-state index < -0.39 is 17.6 Å². The zero-order valence-corrected chi connectivity index (χ0v) is 16.0. The van der Waals surface area contributed by atoms with Crippen molar-refractivity contribution in [2.45, 2.75) is 19.6 Å². The van der Waals surface area contributed by atoms with Gasteiger partial charge in [0.25, 0.3) is 5.91 Å². The third-order valence-corrected chi connectivity index (χ3v) is 5.18. The van der Waals surface area contributed by atoms with E-state index in [1.54, 1.807) is 12.3 Å². The Morgan fingerprint density at radius 2 is 2.03 bits per heavy atom. The van der Waals surface area contributed by atoms with Crippen LogP contribution in [-0.2, 0) is 12.7 Å². The lowest BCUT2D eigenvalue weighted by Crippen LogP contribution is -2.22. The molecule has 148 valence electrons. The number of halogens is 3. The molecule has 0 saturated heterocycles. The second-order valence-electron chi connectivity index (χ2n) is 6.51. The van der Waals surface area contributed by atoms with Crippen LogP contribution >= 0.6 is 11.3 Å². The van der Waals surface area contributed by atoms with E-state index in [0.29, 0.717) is 11.1 Å². The summed E-state index contributed by atoms with van der Waals surface area (Å²) < 4.78 is 42.2. The Hall–Kier alpha value is -3.20. The minimum Gasteiger partial charge on any atom is -0.346 e. The molecule has 0 aliphatic carbocycles. The Labute approximate surface area is 167 Å². The number of amides is 1. The molecule has 0 bridgehead atoms. The summed E-state index contributed by atoms with van der Waals surface area (Å²) in [5.74, 6) is -0.533. The first-order chi connectivity index (χ1) is 13.8. The van der Waals surface area contributed by atoms with Crippen LogP contribution in [0.2, 0.25) is 0 Å². The van der Waals surface area contributed by atoms with Gasteiger partial charge in [0.05, 0.1) is 12.1 Å². The SMILES string of the molecule is Cc1cncc(-c2cc(C(F)(F)F)c3nc(C(=O)NCc4cccs4)cn3c2)c1. The molecule has 0 aliphatic rings. The number of fused-ring (bicyclic) bond motifs is 1. The van der Waals surface area contributed by atoms with Crippen LogP contribution < -0.4 is 5.32 Å². The molecule has 0 aliphatic heterocycles. The van der Waals surface area contributed by atoms with Crippen LogP contribution in [-0.4, -0.2) is 20.3 Å². The molecule has 0 spiro atoms. The lowest BCUT2D eigenvalue weighted by molar-refractivity contribution is -0.136. The number of alkyl halides is 3. The lowest BCUT2D eigenvalue weighted by atomic mass is 10.1. The summed E-state index contributed by atoms with van der Waals surface area (Å²) in [4.78, 5) is 21.3. The maximum absolute atomic E-state index is 13.7. The number of rotatable bonds is 4. The maximum atomic E-state index is 13.7. The van der Waals surface area contributed by atoms with Crippen LogP contribution in [0, 0.1) is 6.92 Å². The van der Waals surface area contributed by atoms with Crippen LogP contribution in [0.3, 0.4) is 0 Å². The van der Waals surface area contributed by atoms with Crippen LogP contribution in [0.1, 0.15) is 26.5 Å². The minimum atomic E-state index is -4.62. The van der Waals surface area contributed by atoms with Gasteiger partial charge < -0.3 is 9.72 Å². The van der Waals surface area contributed by atoms with Gasteiger partial charge in [-0.25, -0.2) is 4.98 Å². The molecule has 29 heavy (non-hydrogen) atoms. The second-order valence-corrected chi connectivity index (χ2v) is 7.54. The van der Waals surface area contributed by atoms with Gasteiger partial charge in [-0.05, 0) is 36.1 Å². The highest BCUT2D eigenvalue weighted by molar-refractivity contribution is 7.09. The van der Waals surface area contributed by atoms with Crippen LogP contribution in [0.5, 0.6) is 0 Å². The summed E-state index contributed by atoms with van der Waals surface area (Å²) >= 11 is 1.48. The number of aryl methyl sites for hydroxylation is 1. The molecule has 0 aromatic carbocycles. The summed E-state index contributed by atoms with van der Waals surface area (Å²) in [5.41, 5.74) is 0.415. The van der Waals surface area contributed by atoms with Gasteiger partial charge in [0.2, 0.25) is 0 Å². The zero-order valence-electron chi connectivity index (χ0n) is 15.2. The van der Waals surface area contributed by atoms with Gasteiger partial charge in [0.15, 0.2) is 0 Å². The fraction of sp³-hybridized carbons (Fsp3) is 0.150. The molecule has 9 heteroatoms. The predicted octanol–water partition coefficient (Wildman–Crippen LogP) is 4.72. The topological polar surface area (TPSA) is 59.3 Å². The molecule has 0 unspecified atom stereocenters. The Morgan fingerprint density at radius 3 is 2.72 bits per heavy atom. The van der Waals surface area contributed by atoms with Gasteiger partial charge >= 0.3 is 6.18 Å². The smallest absolute Gasteiger partial charge is 0.346 e. The molecule has 0 saturated carbocycles.